The van der Waals surface area contributed by atoms with Gasteiger partial charge in [-0.3, -0.25) is 5.43 Å². The van der Waals surface area contributed by atoms with E-state index in [4.69, 9.17) is 37.4 Å². The van der Waals surface area contributed by atoms with Crippen LogP contribution in [0, 0.1) is 0 Å². The monoisotopic (exact) mass is 633 g/mol. The van der Waals surface area contributed by atoms with Crippen molar-refractivity contribution in [2.75, 3.05) is 60.8 Å². The lowest BCUT2D eigenvalue weighted by Gasteiger charge is -2.37. The molecule has 0 saturated carbocycles. The Hall–Kier alpha value is -3.96. The lowest BCUT2D eigenvalue weighted by Crippen LogP contribution is -2.46. The molecular weight excluding hydrogens is 601 g/mol. The second kappa shape index (κ2) is 12.6. The molecular formula is C32H33Cl2N7O3. The van der Waals surface area contributed by atoms with E-state index in [1.807, 2.05) is 35.3 Å². The van der Waals surface area contributed by atoms with Crippen molar-refractivity contribution in [3.8, 4) is 5.75 Å². The minimum Gasteiger partial charge on any atom is -0.491 e. The van der Waals surface area contributed by atoms with Gasteiger partial charge in [0.25, 0.3) is 0 Å². The van der Waals surface area contributed by atoms with Gasteiger partial charge in [0.15, 0.2) is 0 Å². The predicted octanol–water partition coefficient (Wildman–Crippen LogP) is 5.17. The molecule has 3 aliphatic heterocycles. The number of aromatic nitrogens is 2. The number of hydrogen-bond donors (Lipinski definition) is 1. The highest BCUT2D eigenvalue weighted by Gasteiger charge is 2.45. The molecule has 228 valence electrons. The first-order chi connectivity index (χ1) is 21.5. The highest BCUT2D eigenvalue weighted by atomic mass is 35.5. The number of benzene rings is 3. The van der Waals surface area contributed by atoms with Crippen LogP contribution in [0.4, 0.5) is 17.1 Å². The van der Waals surface area contributed by atoms with Gasteiger partial charge in [-0.15, -0.1) is 0 Å². The standard InChI is InChI=1S/C32H33Cl2N7O3/c33-24-1-10-30(31(34)17-24)32(20-38-12-11-35-21-38)43-19-29(44-32)18-42-28-8-6-26(7-9-28)40-15-13-39(14-16-40)25-2-4-27(5-3-25)41-22-36-37-23-41/h1-12,17,21-22,29,37H,13-16,18-20,23H2. The van der Waals surface area contributed by atoms with Crippen LogP contribution in [0.5, 0.6) is 5.75 Å². The van der Waals surface area contributed by atoms with Crippen molar-refractivity contribution in [2.45, 2.75) is 18.4 Å². The molecule has 4 heterocycles. The van der Waals surface area contributed by atoms with E-state index in [-0.39, 0.29) is 6.10 Å². The van der Waals surface area contributed by atoms with E-state index in [1.165, 1.54) is 11.4 Å². The van der Waals surface area contributed by atoms with Crippen LogP contribution in [0.1, 0.15) is 5.56 Å². The van der Waals surface area contributed by atoms with Crippen molar-refractivity contribution < 1.29 is 14.2 Å². The van der Waals surface area contributed by atoms with Gasteiger partial charge in [-0.25, -0.2) is 4.98 Å². The second-order valence-electron chi connectivity index (χ2n) is 11.0. The molecule has 0 spiro atoms. The lowest BCUT2D eigenvalue weighted by molar-refractivity contribution is -0.189. The van der Waals surface area contributed by atoms with Gasteiger partial charge in [-0.2, -0.15) is 5.10 Å². The normalized spacial score (nSPS) is 21.6. The molecule has 12 heteroatoms. The fourth-order valence-electron chi connectivity index (χ4n) is 5.82. The number of halogens is 2. The van der Waals surface area contributed by atoms with Gasteiger partial charge in [0, 0.05) is 66.2 Å². The summed E-state index contributed by atoms with van der Waals surface area (Å²) in [6.07, 6.45) is 6.84. The second-order valence-corrected chi connectivity index (χ2v) is 11.8. The summed E-state index contributed by atoms with van der Waals surface area (Å²) in [5, 5.41) is 5.10. The number of nitrogens with one attached hydrogen (secondary N) is 1. The highest BCUT2D eigenvalue weighted by Crippen LogP contribution is 2.40. The predicted molar refractivity (Wildman–Crippen MR) is 173 cm³/mol. The molecule has 0 amide bonds. The number of rotatable bonds is 9. The Bertz CT molecular complexity index is 1580. The molecule has 2 unspecified atom stereocenters. The molecule has 0 radical (unpaired) electrons. The topological polar surface area (TPSA) is 79.6 Å². The summed E-state index contributed by atoms with van der Waals surface area (Å²) in [6, 6.07) is 22.3. The highest BCUT2D eigenvalue weighted by molar-refractivity contribution is 6.35. The van der Waals surface area contributed by atoms with Crippen LogP contribution in [0.2, 0.25) is 10.0 Å². The largest absolute Gasteiger partial charge is 0.491 e. The van der Waals surface area contributed by atoms with Crippen LogP contribution in [-0.4, -0.2) is 68.1 Å². The molecule has 44 heavy (non-hydrogen) atoms. The Morgan fingerprint density at radius 3 is 2.25 bits per heavy atom. The zero-order valence-electron chi connectivity index (χ0n) is 24.1. The molecule has 3 aliphatic rings. The number of ether oxygens (including phenoxy) is 3. The molecule has 1 N–H and O–H groups in total. The Morgan fingerprint density at radius 1 is 0.909 bits per heavy atom. The number of anilines is 3. The van der Waals surface area contributed by atoms with Crippen molar-refractivity contribution in [1.82, 2.24) is 15.0 Å². The Morgan fingerprint density at radius 2 is 1.61 bits per heavy atom. The molecule has 3 aromatic carbocycles. The van der Waals surface area contributed by atoms with Crippen molar-refractivity contribution >= 4 is 46.6 Å². The molecule has 2 fully saturated rings. The van der Waals surface area contributed by atoms with Gasteiger partial charge in [-0.05, 0) is 60.7 Å². The first kappa shape index (κ1) is 28.8. The molecule has 1 aromatic heterocycles. The van der Waals surface area contributed by atoms with Crippen molar-refractivity contribution in [3.05, 3.63) is 101 Å². The summed E-state index contributed by atoms with van der Waals surface area (Å²) in [5.74, 6) is -0.295. The summed E-state index contributed by atoms with van der Waals surface area (Å²) < 4.78 is 20.8. The van der Waals surface area contributed by atoms with Gasteiger partial charge < -0.3 is 33.5 Å². The van der Waals surface area contributed by atoms with Gasteiger partial charge >= 0.3 is 0 Å². The zero-order valence-corrected chi connectivity index (χ0v) is 25.6. The van der Waals surface area contributed by atoms with Crippen LogP contribution in [0.25, 0.3) is 0 Å². The average molecular weight is 635 g/mol. The maximum Gasteiger partial charge on any atom is 0.215 e. The molecule has 2 saturated heterocycles. The first-order valence-electron chi connectivity index (χ1n) is 14.6. The van der Waals surface area contributed by atoms with E-state index in [9.17, 15) is 0 Å². The zero-order chi connectivity index (χ0) is 29.9. The van der Waals surface area contributed by atoms with Crippen LogP contribution < -0.4 is 24.9 Å². The van der Waals surface area contributed by atoms with Crippen LogP contribution in [-0.2, 0) is 21.8 Å². The minimum absolute atomic E-state index is 0.285. The SMILES string of the molecule is Clc1ccc(C2(Cn3ccnc3)OCC(COc3ccc(N4CCN(c5ccc(N6C=NNC6)cc5)CC4)cc3)O2)c(Cl)c1. The van der Waals surface area contributed by atoms with Gasteiger partial charge in [-0.1, -0.05) is 29.3 Å². The van der Waals surface area contributed by atoms with Gasteiger partial charge in [0.05, 0.1) is 24.5 Å². The number of imidazole rings is 1. The van der Waals surface area contributed by atoms with Crippen LogP contribution in [0.3, 0.4) is 0 Å². The molecule has 7 rings (SSSR count). The number of hydrazone groups is 1. The lowest BCUT2D eigenvalue weighted by atomic mass is 10.1. The van der Waals surface area contributed by atoms with Crippen LogP contribution in [0.15, 0.2) is 90.6 Å². The summed E-state index contributed by atoms with van der Waals surface area (Å²) in [5.41, 5.74) is 7.24. The van der Waals surface area contributed by atoms with E-state index in [1.54, 1.807) is 24.7 Å². The van der Waals surface area contributed by atoms with Gasteiger partial charge in [0.1, 0.15) is 31.5 Å². The van der Waals surface area contributed by atoms with Gasteiger partial charge in [0.2, 0.25) is 5.79 Å². The van der Waals surface area contributed by atoms with Crippen LogP contribution >= 0.6 is 23.2 Å². The summed E-state index contributed by atoms with van der Waals surface area (Å²) >= 11 is 12.8. The van der Waals surface area contributed by atoms with Crippen molar-refractivity contribution in [2.24, 2.45) is 5.10 Å². The smallest absolute Gasteiger partial charge is 0.215 e. The van der Waals surface area contributed by atoms with E-state index in [2.05, 4.69) is 66.6 Å². The molecule has 0 aliphatic carbocycles. The Labute approximate surface area is 266 Å². The quantitative estimate of drug-likeness (QED) is 0.270. The summed E-state index contributed by atoms with van der Waals surface area (Å²) in [4.78, 5) is 11.1. The maximum atomic E-state index is 6.59. The number of nitrogens with zero attached hydrogens (tertiary/aromatic N) is 6. The maximum absolute atomic E-state index is 6.59. The van der Waals surface area contributed by atoms with E-state index < -0.39 is 5.79 Å². The molecule has 10 nitrogen and oxygen atoms in total. The van der Waals surface area contributed by atoms with E-state index in [0.29, 0.717) is 36.5 Å². The summed E-state index contributed by atoms with van der Waals surface area (Å²) in [6.45, 7) is 5.62. The third-order valence-electron chi connectivity index (χ3n) is 8.14. The average Bonchev–Trinajstić information content (AvgIpc) is 3.85. The Balaban J connectivity index is 0.931. The molecule has 2 atom stereocenters. The number of piperazine rings is 1. The van der Waals surface area contributed by atoms with Crippen molar-refractivity contribution in [1.29, 1.82) is 0 Å². The Kier molecular flexibility index (Phi) is 8.22. The molecule has 4 aromatic rings. The minimum atomic E-state index is -1.08. The first-order valence-corrected chi connectivity index (χ1v) is 15.4. The van der Waals surface area contributed by atoms with Crippen molar-refractivity contribution in [3.63, 3.8) is 0 Å². The third kappa shape index (κ3) is 6.16. The summed E-state index contributed by atoms with van der Waals surface area (Å²) in [7, 11) is 0. The molecule has 0 bridgehead atoms. The fourth-order valence-corrected chi connectivity index (χ4v) is 6.37. The van der Waals surface area contributed by atoms with E-state index >= 15 is 0 Å². The number of hydrogen-bond acceptors (Lipinski definition) is 9. The third-order valence-corrected chi connectivity index (χ3v) is 8.69. The van der Waals surface area contributed by atoms with E-state index in [0.717, 1.165) is 43.2 Å². The fraction of sp³-hybridized carbons (Fsp3) is 0.312.